The molecule has 0 aliphatic carbocycles. The second kappa shape index (κ2) is 8.43. The van der Waals surface area contributed by atoms with E-state index in [4.69, 9.17) is 18.9 Å². The molecule has 0 aromatic heterocycles. The van der Waals surface area contributed by atoms with Gasteiger partial charge in [0.2, 0.25) is 11.7 Å². The summed E-state index contributed by atoms with van der Waals surface area (Å²) in [4.78, 5) is 26.9. The van der Waals surface area contributed by atoms with Crippen LogP contribution in [0.15, 0.2) is 42.5 Å². The van der Waals surface area contributed by atoms with Crippen LogP contribution in [0, 0.1) is 0 Å². The first-order valence-corrected chi connectivity index (χ1v) is 9.21. The summed E-state index contributed by atoms with van der Waals surface area (Å²) in [6, 6.07) is 13.1. The maximum atomic E-state index is 12.8. The molecular formula is C22H25NO6. The lowest BCUT2D eigenvalue weighted by Gasteiger charge is -2.50. The summed E-state index contributed by atoms with van der Waals surface area (Å²) in [5.74, 6) is 0.868. The first-order chi connectivity index (χ1) is 14.0. The summed E-state index contributed by atoms with van der Waals surface area (Å²) >= 11 is 0. The third kappa shape index (κ3) is 3.60. The number of nitrogens with zero attached hydrogens (tertiary/aromatic N) is 1. The van der Waals surface area contributed by atoms with Gasteiger partial charge in [0.05, 0.1) is 41.4 Å². The Morgan fingerprint density at radius 3 is 2.21 bits per heavy atom. The molecule has 7 heteroatoms. The minimum absolute atomic E-state index is 0.101. The van der Waals surface area contributed by atoms with Gasteiger partial charge in [0.1, 0.15) is 0 Å². The van der Waals surface area contributed by atoms with Gasteiger partial charge in [-0.2, -0.15) is 0 Å². The summed E-state index contributed by atoms with van der Waals surface area (Å²) < 4.78 is 21.4. The molecule has 1 heterocycles. The number of carbonyl (C=O) groups excluding carboxylic acids is 2. The van der Waals surface area contributed by atoms with Gasteiger partial charge in [-0.05, 0) is 17.7 Å². The zero-order valence-corrected chi connectivity index (χ0v) is 17.1. The summed E-state index contributed by atoms with van der Waals surface area (Å²) in [6.07, 6.45) is 0.478. The smallest absolute Gasteiger partial charge is 0.332 e. The van der Waals surface area contributed by atoms with Crippen LogP contribution in [0.5, 0.6) is 17.2 Å². The topological polar surface area (TPSA) is 74.3 Å². The number of methoxy groups -OCH3 is 4. The van der Waals surface area contributed by atoms with Crippen molar-refractivity contribution in [3.05, 3.63) is 53.6 Å². The van der Waals surface area contributed by atoms with Gasteiger partial charge in [-0.25, -0.2) is 4.79 Å². The molecule has 0 spiro atoms. The van der Waals surface area contributed by atoms with Gasteiger partial charge in [-0.15, -0.1) is 0 Å². The second-order valence-electron chi connectivity index (χ2n) is 6.84. The monoisotopic (exact) mass is 399 g/mol. The molecule has 1 fully saturated rings. The molecule has 0 bridgehead atoms. The van der Waals surface area contributed by atoms with Crippen molar-refractivity contribution >= 4 is 11.9 Å². The van der Waals surface area contributed by atoms with Crippen molar-refractivity contribution in [3.63, 3.8) is 0 Å². The van der Waals surface area contributed by atoms with Crippen LogP contribution in [-0.2, 0) is 27.3 Å². The molecule has 2 aromatic carbocycles. The van der Waals surface area contributed by atoms with E-state index in [9.17, 15) is 9.59 Å². The molecule has 0 saturated carbocycles. The number of ether oxygens (including phenoxy) is 4. The van der Waals surface area contributed by atoms with E-state index in [1.807, 2.05) is 30.3 Å². The van der Waals surface area contributed by atoms with Gasteiger partial charge in [0.25, 0.3) is 0 Å². The predicted octanol–water partition coefficient (Wildman–Crippen LogP) is 2.60. The highest BCUT2D eigenvalue weighted by atomic mass is 16.5. The number of rotatable bonds is 8. The molecule has 1 aliphatic rings. The van der Waals surface area contributed by atoms with E-state index in [1.165, 1.54) is 28.4 Å². The van der Waals surface area contributed by atoms with E-state index in [1.54, 1.807) is 17.0 Å². The van der Waals surface area contributed by atoms with Crippen LogP contribution in [0.3, 0.4) is 0 Å². The first-order valence-electron chi connectivity index (χ1n) is 9.21. The van der Waals surface area contributed by atoms with Crippen LogP contribution in [0.1, 0.15) is 17.5 Å². The Balaban J connectivity index is 1.98. The average Bonchev–Trinajstić information content (AvgIpc) is 2.76. The van der Waals surface area contributed by atoms with Crippen molar-refractivity contribution < 1.29 is 28.5 Å². The van der Waals surface area contributed by atoms with Gasteiger partial charge >= 0.3 is 5.97 Å². The third-order valence-corrected chi connectivity index (χ3v) is 5.28. The van der Waals surface area contributed by atoms with E-state index < -0.39 is 11.5 Å². The fourth-order valence-corrected chi connectivity index (χ4v) is 3.82. The fraction of sp³-hybridized carbons (Fsp3) is 0.364. The lowest BCUT2D eigenvalue weighted by atomic mass is 9.78. The van der Waals surface area contributed by atoms with E-state index in [-0.39, 0.29) is 18.9 Å². The van der Waals surface area contributed by atoms with Gasteiger partial charge in [0.15, 0.2) is 17.0 Å². The Kier molecular flexibility index (Phi) is 5.96. The van der Waals surface area contributed by atoms with Crippen LogP contribution in [-0.4, -0.2) is 50.8 Å². The molecule has 2 aromatic rings. The molecule has 154 valence electrons. The van der Waals surface area contributed by atoms with Crippen molar-refractivity contribution in [2.75, 3.05) is 28.4 Å². The average molecular weight is 399 g/mol. The lowest BCUT2D eigenvalue weighted by Crippen LogP contribution is -2.68. The Bertz CT molecular complexity index is 898. The highest BCUT2D eigenvalue weighted by molar-refractivity contribution is 5.99. The number of hydrogen-bond acceptors (Lipinski definition) is 6. The number of amides is 1. The zero-order chi connectivity index (χ0) is 21.0. The highest BCUT2D eigenvalue weighted by Gasteiger charge is 2.57. The largest absolute Gasteiger partial charge is 0.493 e. The highest BCUT2D eigenvalue weighted by Crippen LogP contribution is 2.43. The van der Waals surface area contributed by atoms with E-state index in [0.29, 0.717) is 29.2 Å². The Hall–Kier alpha value is -3.22. The molecular weight excluding hydrogens is 374 g/mol. The Labute approximate surface area is 170 Å². The lowest BCUT2D eigenvalue weighted by molar-refractivity contribution is -0.179. The molecule has 0 radical (unpaired) electrons. The third-order valence-electron chi connectivity index (χ3n) is 5.28. The minimum Gasteiger partial charge on any atom is -0.493 e. The maximum absolute atomic E-state index is 12.8. The molecule has 3 rings (SSSR count). The van der Waals surface area contributed by atoms with Crippen molar-refractivity contribution in [2.24, 2.45) is 0 Å². The van der Waals surface area contributed by atoms with E-state index >= 15 is 0 Å². The van der Waals surface area contributed by atoms with Gasteiger partial charge in [-0.3, -0.25) is 4.79 Å². The fourth-order valence-electron chi connectivity index (χ4n) is 3.82. The SMILES string of the molecule is COC(=O)C1(Cc2ccccc2)CC(=O)N1Cc1ccc(OC)c(OC)c1OC. The number of carbonyl (C=O) groups is 2. The minimum atomic E-state index is -1.05. The summed E-state index contributed by atoms with van der Waals surface area (Å²) in [5, 5.41) is 0. The number of esters is 1. The van der Waals surface area contributed by atoms with Crippen molar-refractivity contribution in [2.45, 2.75) is 24.9 Å². The summed E-state index contributed by atoms with van der Waals surface area (Å²) in [7, 11) is 5.93. The molecule has 1 saturated heterocycles. The molecule has 1 aliphatic heterocycles. The Morgan fingerprint density at radius 2 is 1.66 bits per heavy atom. The van der Waals surface area contributed by atoms with Crippen LogP contribution in [0.25, 0.3) is 0 Å². The number of hydrogen-bond donors (Lipinski definition) is 0. The number of benzene rings is 2. The summed E-state index contributed by atoms with van der Waals surface area (Å²) in [5.41, 5.74) is 0.611. The van der Waals surface area contributed by atoms with Gasteiger partial charge in [0, 0.05) is 12.0 Å². The second-order valence-corrected chi connectivity index (χ2v) is 6.84. The molecule has 1 unspecified atom stereocenters. The molecule has 0 N–H and O–H groups in total. The molecule has 1 atom stereocenters. The van der Waals surface area contributed by atoms with Crippen LogP contribution in [0.2, 0.25) is 0 Å². The summed E-state index contributed by atoms with van der Waals surface area (Å²) in [6.45, 7) is 0.185. The zero-order valence-electron chi connectivity index (χ0n) is 17.1. The molecule has 7 nitrogen and oxygen atoms in total. The van der Waals surface area contributed by atoms with Crippen LogP contribution in [0.4, 0.5) is 0 Å². The van der Waals surface area contributed by atoms with Crippen molar-refractivity contribution in [3.8, 4) is 17.2 Å². The van der Waals surface area contributed by atoms with Gasteiger partial charge in [-0.1, -0.05) is 30.3 Å². The number of likely N-dealkylation sites (tertiary alicyclic amines) is 1. The first kappa shape index (κ1) is 20.5. The maximum Gasteiger partial charge on any atom is 0.332 e. The predicted molar refractivity (Wildman–Crippen MR) is 106 cm³/mol. The van der Waals surface area contributed by atoms with E-state index in [2.05, 4.69) is 0 Å². The quantitative estimate of drug-likeness (QED) is 0.502. The molecule has 1 amide bonds. The number of β-lactam (4-membered cyclic amide) rings is 1. The van der Waals surface area contributed by atoms with Crippen LogP contribution < -0.4 is 14.2 Å². The normalized spacial score (nSPS) is 18.1. The van der Waals surface area contributed by atoms with Gasteiger partial charge < -0.3 is 23.8 Å². The van der Waals surface area contributed by atoms with Crippen LogP contribution >= 0.6 is 0 Å². The van der Waals surface area contributed by atoms with Crippen molar-refractivity contribution in [1.29, 1.82) is 0 Å². The van der Waals surface area contributed by atoms with Crippen molar-refractivity contribution in [1.82, 2.24) is 4.90 Å². The molecule has 29 heavy (non-hydrogen) atoms. The Morgan fingerprint density at radius 1 is 0.966 bits per heavy atom. The standard InChI is InChI=1S/C22H25NO6/c1-26-17-11-10-16(19(27-2)20(17)28-3)14-23-18(24)13-22(23,21(25)29-4)12-15-8-6-5-7-9-15/h5-11H,12-14H2,1-4H3. The van der Waals surface area contributed by atoms with E-state index in [0.717, 1.165) is 5.56 Å².